The summed E-state index contributed by atoms with van der Waals surface area (Å²) in [7, 11) is 0. The summed E-state index contributed by atoms with van der Waals surface area (Å²) in [5, 5.41) is 10.1. The number of carbonyl (C=O) groups is 1. The molecule has 0 saturated carbocycles. The van der Waals surface area contributed by atoms with Crippen LogP contribution >= 0.6 is 22.7 Å². The van der Waals surface area contributed by atoms with Gasteiger partial charge in [-0.05, 0) is 40.1 Å². The molecule has 128 valence electrons. The largest absolute Gasteiger partial charge is 0.454 e. The number of nitrogens with zero attached hydrogens (tertiary/aromatic N) is 1. The Kier molecular flexibility index (Phi) is 4.67. The summed E-state index contributed by atoms with van der Waals surface area (Å²) in [5.41, 5.74) is 2.10. The molecule has 0 fully saturated rings. The van der Waals surface area contributed by atoms with Crippen molar-refractivity contribution in [1.82, 2.24) is 10.3 Å². The van der Waals surface area contributed by atoms with Crippen molar-refractivity contribution in [1.29, 1.82) is 0 Å². The predicted molar refractivity (Wildman–Crippen MR) is 97.3 cm³/mol. The van der Waals surface area contributed by atoms with Gasteiger partial charge in [0.15, 0.2) is 11.5 Å². The van der Waals surface area contributed by atoms with Crippen LogP contribution in [-0.4, -0.2) is 17.7 Å². The van der Waals surface area contributed by atoms with Gasteiger partial charge in [0.1, 0.15) is 5.01 Å². The lowest BCUT2D eigenvalue weighted by Gasteiger charge is -2.16. The van der Waals surface area contributed by atoms with Gasteiger partial charge in [0.05, 0.1) is 12.5 Å². The van der Waals surface area contributed by atoms with E-state index >= 15 is 0 Å². The fraction of sp³-hybridized carbons (Fsp3) is 0.222. The number of amides is 1. The van der Waals surface area contributed by atoms with E-state index in [9.17, 15) is 4.79 Å². The van der Waals surface area contributed by atoms with Crippen LogP contribution in [0.1, 0.15) is 22.2 Å². The number of hydrogen-bond acceptors (Lipinski definition) is 6. The molecule has 0 aliphatic carbocycles. The van der Waals surface area contributed by atoms with Gasteiger partial charge in [0, 0.05) is 18.0 Å². The Morgan fingerprint density at radius 3 is 2.92 bits per heavy atom. The van der Waals surface area contributed by atoms with Crippen molar-refractivity contribution in [2.45, 2.75) is 18.9 Å². The van der Waals surface area contributed by atoms with Gasteiger partial charge in [0.2, 0.25) is 12.7 Å². The maximum Gasteiger partial charge on any atom is 0.231 e. The molecule has 1 unspecified atom stereocenters. The average molecular weight is 372 g/mol. The third-order valence-corrected chi connectivity index (χ3v) is 5.53. The van der Waals surface area contributed by atoms with E-state index in [1.54, 1.807) is 28.9 Å². The van der Waals surface area contributed by atoms with Crippen LogP contribution in [0.2, 0.25) is 0 Å². The third-order valence-electron chi connectivity index (χ3n) is 3.91. The molecule has 3 aromatic rings. The standard InChI is InChI=1S/C18H16N2O3S2/c21-17(9-12-1-2-15-16(8-12)23-11-22-15)20-14(18-19-4-6-25-18)7-13-3-5-24-10-13/h1-6,8,10,14H,7,9,11H2,(H,20,21). The molecule has 1 N–H and O–H groups in total. The normalized spacial score (nSPS) is 13.6. The van der Waals surface area contributed by atoms with Crippen molar-refractivity contribution in [2.24, 2.45) is 0 Å². The van der Waals surface area contributed by atoms with Crippen LogP contribution in [-0.2, 0) is 17.6 Å². The first-order valence-electron chi connectivity index (χ1n) is 7.86. The highest BCUT2D eigenvalue weighted by Crippen LogP contribution is 2.32. The van der Waals surface area contributed by atoms with E-state index in [1.165, 1.54) is 5.56 Å². The first-order valence-corrected chi connectivity index (χ1v) is 9.68. The zero-order valence-electron chi connectivity index (χ0n) is 13.3. The fourth-order valence-electron chi connectivity index (χ4n) is 2.73. The molecule has 1 aliphatic heterocycles. The van der Waals surface area contributed by atoms with Crippen molar-refractivity contribution < 1.29 is 14.3 Å². The number of hydrogen-bond donors (Lipinski definition) is 1. The molecule has 0 bridgehead atoms. The molecule has 3 heterocycles. The summed E-state index contributed by atoms with van der Waals surface area (Å²) in [6.45, 7) is 0.234. The van der Waals surface area contributed by atoms with Gasteiger partial charge < -0.3 is 14.8 Å². The van der Waals surface area contributed by atoms with Gasteiger partial charge in [-0.2, -0.15) is 11.3 Å². The molecule has 2 aromatic heterocycles. The average Bonchev–Trinajstić information content (AvgIpc) is 3.36. The van der Waals surface area contributed by atoms with Crippen LogP contribution < -0.4 is 14.8 Å². The molecule has 0 radical (unpaired) electrons. The minimum atomic E-state index is -0.115. The molecule has 0 saturated heterocycles. The Balaban J connectivity index is 1.45. The molecule has 1 amide bonds. The minimum Gasteiger partial charge on any atom is -0.454 e. The minimum absolute atomic E-state index is 0.0331. The van der Waals surface area contributed by atoms with E-state index in [1.807, 2.05) is 29.0 Å². The number of thiophene rings is 1. The fourth-order valence-corrected chi connectivity index (χ4v) is 4.10. The summed E-state index contributed by atoms with van der Waals surface area (Å²) in [5.74, 6) is 1.39. The van der Waals surface area contributed by atoms with Gasteiger partial charge in [-0.3, -0.25) is 4.79 Å². The van der Waals surface area contributed by atoms with E-state index in [4.69, 9.17) is 9.47 Å². The Morgan fingerprint density at radius 2 is 2.12 bits per heavy atom. The van der Waals surface area contributed by atoms with E-state index in [2.05, 4.69) is 21.7 Å². The highest BCUT2D eigenvalue weighted by molar-refractivity contribution is 7.09. The van der Waals surface area contributed by atoms with Crippen molar-refractivity contribution in [2.75, 3.05) is 6.79 Å². The van der Waals surface area contributed by atoms with E-state index in [-0.39, 0.29) is 18.7 Å². The zero-order valence-corrected chi connectivity index (χ0v) is 14.9. The summed E-state index contributed by atoms with van der Waals surface area (Å²) < 4.78 is 10.7. The second-order valence-electron chi connectivity index (χ2n) is 5.69. The Bertz CT molecular complexity index is 847. The van der Waals surface area contributed by atoms with Gasteiger partial charge >= 0.3 is 0 Å². The molecule has 25 heavy (non-hydrogen) atoms. The lowest BCUT2D eigenvalue weighted by molar-refractivity contribution is -0.121. The lowest BCUT2D eigenvalue weighted by atomic mass is 10.1. The summed E-state index contributed by atoms with van der Waals surface area (Å²) in [6.07, 6.45) is 2.80. The molecule has 7 heteroatoms. The number of thiazole rings is 1. The van der Waals surface area contributed by atoms with Crippen LogP contribution in [0.25, 0.3) is 0 Å². The third kappa shape index (κ3) is 3.83. The Hall–Kier alpha value is -2.38. The van der Waals surface area contributed by atoms with E-state index in [0.29, 0.717) is 12.2 Å². The molecule has 0 spiro atoms. The Morgan fingerprint density at radius 1 is 1.20 bits per heavy atom. The monoisotopic (exact) mass is 372 g/mol. The van der Waals surface area contributed by atoms with Crippen LogP contribution in [0, 0.1) is 0 Å². The van der Waals surface area contributed by atoms with Gasteiger partial charge in [0.25, 0.3) is 0 Å². The van der Waals surface area contributed by atoms with Crippen molar-refractivity contribution in [3.8, 4) is 11.5 Å². The van der Waals surface area contributed by atoms with Crippen molar-refractivity contribution in [3.05, 3.63) is 62.7 Å². The summed E-state index contributed by atoms with van der Waals surface area (Å²) in [4.78, 5) is 16.9. The highest BCUT2D eigenvalue weighted by atomic mass is 32.1. The van der Waals surface area contributed by atoms with E-state index < -0.39 is 0 Å². The molecular formula is C18H16N2O3S2. The number of carbonyl (C=O) groups excluding carboxylic acids is 1. The predicted octanol–water partition coefficient (Wildman–Crippen LogP) is 3.58. The van der Waals surface area contributed by atoms with Crippen LogP contribution in [0.3, 0.4) is 0 Å². The molecule has 1 aliphatic rings. The molecule has 1 aromatic carbocycles. The second-order valence-corrected chi connectivity index (χ2v) is 7.40. The summed E-state index contributed by atoms with van der Waals surface area (Å²) in [6, 6.07) is 7.56. The number of aromatic nitrogens is 1. The van der Waals surface area contributed by atoms with E-state index in [0.717, 1.165) is 22.7 Å². The highest BCUT2D eigenvalue weighted by Gasteiger charge is 2.19. The smallest absolute Gasteiger partial charge is 0.231 e. The molecule has 5 nitrogen and oxygen atoms in total. The topological polar surface area (TPSA) is 60.5 Å². The van der Waals surface area contributed by atoms with Crippen molar-refractivity contribution in [3.63, 3.8) is 0 Å². The molecule has 1 atom stereocenters. The Labute approximate surface area is 153 Å². The van der Waals surface area contributed by atoms with Gasteiger partial charge in [-0.15, -0.1) is 11.3 Å². The quantitative estimate of drug-likeness (QED) is 0.718. The number of nitrogens with one attached hydrogen (secondary N) is 1. The van der Waals surface area contributed by atoms with Gasteiger partial charge in [-0.25, -0.2) is 4.98 Å². The number of fused-ring (bicyclic) bond motifs is 1. The van der Waals surface area contributed by atoms with Crippen LogP contribution in [0.4, 0.5) is 0 Å². The van der Waals surface area contributed by atoms with Crippen molar-refractivity contribution >= 4 is 28.6 Å². The zero-order chi connectivity index (χ0) is 17.1. The number of rotatable bonds is 6. The van der Waals surface area contributed by atoms with Crippen LogP contribution in [0.15, 0.2) is 46.6 Å². The van der Waals surface area contributed by atoms with Crippen LogP contribution in [0.5, 0.6) is 11.5 Å². The first kappa shape index (κ1) is 16.1. The lowest BCUT2D eigenvalue weighted by Crippen LogP contribution is -2.31. The SMILES string of the molecule is O=C(Cc1ccc2c(c1)OCO2)NC(Cc1ccsc1)c1nccs1. The number of ether oxygens (including phenoxy) is 2. The van der Waals surface area contributed by atoms with Gasteiger partial charge in [-0.1, -0.05) is 6.07 Å². The molecular weight excluding hydrogens is 356 g/mol. The maximum atomic E-state index is 12.5. The first-order chi connectivity index (χ1) is 12.3. The maximum absolute atomic E-state index is 12.5. The molecule has 4 rings (SSSR count). The number of benzene rings is 1. The summed E-state index contributed by atoms with van der Waals surface area (Å²) >= 11 is 3.21. The second kappa shape index (κ2) is 7.25.